The zero-order valence-corrected chi connectivity index (χ0v) is 15.6. The molecule has 2 aromatic rings. The molecule has 3 rings (SSSR count). The van der Waals surface area contributed by atoms with E-state index in [1.54, 1.807) is 11.5 Å². The van der Waals surface area contributed by atoms with Gasteiger partial charge in [0.15, 0.2) is 23.8 Å². The van der Waals surface area contributed by atoms with Crippen LogP contribution in [0.15, 0.2) is 12.7 Å². The molecule has 12 nitrogen and oxygen atoms in total. The van der Waals surface area contributed by atoms with Gasteiger partial charge in [-0.3, -0.25) is 4.57 Å². The number of aromatic nitrogens is 4. The molecule has 0 aromatic carbocycles. The molecular weight excluding hydrogens is 381 g/mol. The summed E-state index contributed by atoms with van der Waals surface area (Å²) in [6.45, 7) is 1.54. The number of nitrogens with two attached hydrogens (primary N) is 1. The third-order valence-electron chi connectivity index (χ3n) is 4.26. The van der Waals surface area contributed by atoms with Gasteiger partial charge >= 0.3 is 8.25 Å². The summed E-state index contributed by atoms with van der Waals surface area (Å²) < 4.78 is 34.8. The van der Waals surface area contributed by atoms with Crippen LogP contribution in [0.4, 0.5) is 5.82 Å². The van der Waals surface area contributed by atoms with Crippen LogP contribution < -0.4 is 5.73 Å². The lowest BCUT2D eigenvalue weighted by Crippen LogP contribution is -2.38. The molecule has 1 saturated heterocycles. The van der Waals surface area contributed by atoms with Gasteiger partial charge in [0.05, 0.1) is 25.6 Å². The second kappa shape index (κ2) is 8.48. The Hall–Kier alpha value is -1.79. The van der Waals surface area contributed by atoms with Gasteiger partial charge in [-0.25, -0.2) is 15.0 Å². The molecule has 0 spiro atoms. The topological polar surface area (TPSA) is 164 Å². The third-order valence-corrected chi connectivity index (χ3v) is 4.69. The Balaban J connectivity index is 1.96. The van der Waals surface area contributed by atoms with Gasteiger partial charge in [0.25, 0.3) is 0 Å². The molecule has 27 heavy (non-hydrogen) atoms. The van der Waals surface area contributed by atoms with Crippen molar-refractivity contribution in [3.8, 4) is 0 Å². The van der Waals surface area contributed by atoms with Crippen LogP contribution in [0, 0.1) is 0 Å². The summed E-state index contributed by atoms with van der Waals surface area (Å²) >= 11 is 0. The maximum Gasteiger partial charge on any atom is 0.695 e. The molecule has 148 valence electrons. The summed E-state index contributed by atoms with van der Waals surface area (Å²) in [7, 11) is -1.40. The summed E-state index contributed by atoms with van der Waals surface area (Å²) in [6, 6.07) is 0. The zero-order chi connectivity index (χ0) is 19.6. The Morgan fingerprint density at radius 1 is 1.41 bits per heavy atom. The van der Waals surface area contributed by atoms with Crippen molar-refractivity contribution in [2.75, 3.05) is 26.1 Å². The highest BCUT2D eigenvalue weighted by Crippen LogP contribution is 2.38. The van der Waals surface area contributed by atoms with Crippen LogP contribution in [0.3, 0.4) is 0 Å². The van der Waals surface area contributed by atoms with E-state index in [1.807, 2.05) is 0 Å². The van der Waals surface area contributed by atoms with Gasteiger partial charge in [-0.05, 0) is 6.92 Å². The number of fused-ring (bicyclic) bond motifs is 1. The molecule has 2 aromatic heterocycles. The molecule has 1 fully saturated rings. The van der Waals surface area contributed by atoms with Gasteiger partial charge in [-0.1, -0.05) is 0 Å². The largest absolute Gasteiger partial charge is 0.695 e. The lowest BCUT2D eigenvalue weighted by Gasteiger charge is -2.23. The lowest BCUT2D eigenvalue weighted by molar-refractivity contribution is -0.0900. The summed E-state index contributed by atoms with van der Waals surface area (Å²) in [5, 5.41) is 9.63. The van der Waals surface area contributed by atoms with E-state index in [0.29, 0.717) is 11.2 Å². The molecule has 0 bridgehead atoms. The molecule has 0 aliphatic carbocycles. The number of anilines is 1. The van der Waals surface area contributed by atoms with Crippen molar-refractivity contribution in [2.45, 2.75) is 37.6 Å². The molecule has 1 aliphatic heterocycles. The number of nitrogens with zero attached hydrogens (tertiary/aromatic N) is 4. The van der Waals surface area contributed by atoms with Crippen molar-refractivity contribution < 1.29 is 33.3 Å². The van der Waals surface area contributed by atoms with E-state index in [1.165, 1.54) is 19.8 Å². The zero-order valence-electron chi connectivity index (χ0n) is 14.7. The molecule has 3 unspecified atom stereocenters. The number of methoxy groups -OCH3 is 1. The Labute approximate surface area is 155 Å². The van der Waals surface area contributed by atoms with Crippen LogP contribution in [0.5, 0.6) is 0 Å². The summed E-state index contributed by atoms with van der Waals surface area (Å²) in [6.07, 6.45) is -1.04. The number of aliphatic hydroxyl groups excluding tert-OH is 1. The Morgan fingerprint density at radius 2 is 2.19 bits per heavy atom. The fourth-order valence-electron chi connectivity index (χ4n) is 2.86. The first-order valence-corrected chi connectivity index (χ1v) is 9.26. The van der Waals surface area contributed by atoms with Gasteiger partial charge in [0, 0.05) is 11.7 Å². The molecule has 6 atom stereocenters. The van der Waals surface area contributed by atoms with E-state index in [0.717, 1.165) is 0 Å². The summed E-state index contributed by atoms with van der Waals surface area (Å²) in [5.41, 5.74) is 6.59. The molecule has 0 radical (unpaired) electrons. The van der Waals surface area contributed by atoms with E-state index in [9.17, 15) is 14.6 Å². The minimum absolute atomic E-state index is 0.172. The van der Waals surface area contributed by atoms with E-state index in [2.05, 4.69) is 15.0 Å². The number of hydrogen-bond donors (Lipinski definition) is 3. The first-order valence-electron chi connectivity index (χ1n) is 8.12. The van der Waals surface area contributed by atoms with Crippen molar-refractivity contribution in [3.63, 3.8) is 0 Å². The molecule has 3 heterocycles. The molecular formula is C14H21N5O7P+. The van der Waals surface area contributed by atoms with Crippen LogP contribution in [0.25, 0.3) is 11.2 Å². The lowest BCUT2D eigenvalue weighted by atomic mass is 10.1. The number of imidazole rings is 1. The van der Waals surface area contributed by atoms with Crippen molar-refractivity contribution in [3.05, 3.63) is 12.7 Å². The van der Waals surface area contributed by atoms with Crippen molar-refractivity contribution in [2.24, 2.45) is 0 Å². The van der Waals surface area contributed by atoms with Gasteiger partial charge in [-0.2, -0.15) is 0 Å². The van der Waals surface area contributed by atoms with Crippen molar-refractivity contribution in [1.29, 1.82) is 0 Å². The maximum atomic E-state index is 11.3. The minimum atomic E-state index is -2.94. The second-order valence-electron chi connectivity index (χ2n) is 5.98. The highest BCUT2D eigenvalue weighted by atomic mass is 31.1. The summed E-state index contributed by atoms with van der Waals surface area (Å²) in [4.78, 5) is 21.4. The van der Waals surface area contributed by atoms with Gasteiger partial charge < -0.3 is 25.1 Å². The predicted molar refractivity (Wildman–Crippen MR) is 91.6 cm³/mol. The van der Waals surface area contributed by atoms with E-state index in [4.69, 9.17) is 24.5 Å². The minimum Gasteiger partial charge on any atom is -0.394 e. The number of rotatable bonds is 8. The molecule has 1 aliphatic rings. The Bertz CT molecular complexity index is 805. The smallest absolute Gasteiger partial charge is 0.394 e. The second-order valence-corrected chi connectivity index (χ2v) is 6.67. The average Bonchev–Trinajstić information content (AvgIpc) is 3.21. The molecule has 4 N–H and O–H groups in total. The van der Waals surface area contributed by atoms with Crippen LogP contribution in [-0.4, -0.2) is 74.3 Å². The van der Waals surface area contributed by atoms with Gasteiger partial charge in [0.1, 0.15) is 24.1 Å². The number of hydrogen-bond acceptors (Lipinski definition) is 10. The SMILES string of the molecule is CO[C@@H](C)COC1C(O[P+](=O)O)[C@@H](CO)O[C@H]1n1cnc2c(N)ncnc21. The fraction of sp³-hybridized carbons (Fsp3) is 0.643. The highest BCUT2D eigenvalue weighted by molar-refractivity contribution is 7.32. The molecule has 0 saturated carbocycles. The third kappa shape index (κ3) is 4.06. The van der Waals surface area contributed by atoms with Crippen LogP contribution in [-0.2, 0) is 23.3 Å². The fourth-order valence-corrected chi connectivity index (χ4v) is 3.32. The average molecular weight is 402 g/mol. The Morgan fingerprint density at radius 3 is 2.85 bits per heavy atom. The monoisotopic (exact) mass is 402 g/mol. The number of ether oxygens (including phenoxy) is 3. The molecule has 0 amide bonds. The van der Waals surface area contributed by atoms with Crippen LogP contribution in [0.2, 0.25) is 0 Å². The van der Waals surface area contributed by atoms with E-state index >= 15 is 0 Å². The Kier molecular flexibility index (Phi) is 6.27. The summed E-state index contributed by atoms with van der Waals surface area (Å²) in [5.74, 6) is 0.201. The normalized spacial score (nSPS) is 27.2. The van der Waals surface area contributed by atoms with Crippen molar-refractivity contribution >= 4 is 25.2 Å². The predicted octanol–water partition coefficient (Wildman–Crippen LogP) is -0.247. The first-order chi connectivity index (χ1) is 13.0. The number of nitrogen functional groups attached to an aromatic ring is 1. The van der Waals surface area contributed by atoms with Gasteiger partial charge in [-0.15, -0.1) is 9.42 Å². The van der Waals surface area contributed by atoms with Gasteiger partial charge in [0.2, 0.25) is 0 Å². The van der Waals surface area contributed by atoms with Crippen LogP contribution >= 0.6 is 8.25 Å². The van der Waals surface area contributed by atoms with E-state index in [-0.39, 0.29) is 18.5 Å². The number of aliphatic hydroxyl groups is 1. The molecule has 13 heteroatoms. The first kappa shape index (κ1) is 20.0. The standard InChI is InChI=1S/C14H20N5O7P/c1-7(23-2)4-24-11-10(26-27(21)22)8(3-20)25-14(11)19-6-18-9-12(15)16-5-17-13(9)19/h5-8,10-11,14,20H,3-4H2,1-2H3,(H2-,15,16,17,21,22)/p+1/t7-,8+,10?,11?,14+/m0/s1. The van der Waals surface area contributed by atoms with Crippen molar-refractivity contribution in [1.82, 2.24) is 19.5 Å². The van der Waals surface area contributed by atoms with E-state index < -0.39 is 39.4 Å². The van der Waals surface area contributed by atoms with Crippen LogP contribution in [0.1, 0.15) is 13.2 Å². The maximum absolute atomic E-state index is 11.3. The highest BCUT2D eigenvalue weighted by Gasteiger charge is 2.51. The quantitative estimate of drug-likeness (QED) is 0.499.